The molecule has 0 amide bonds. The zero-order valence-corrected chi connectivity index (χ0v) is 21.2. The molecule has 2 atom stereocenters. The summed E-state index contributed by atoms with van der Waals surface area (Å²) >= 11 is 0. The second-order valence-electron chi connectivity index (χ2n) is 9.87. The van der Waals surface area contributed by atoms with E-state index < -0.39 is 0 Å². The highest BCUT2D eigenvalue weighted by atomic mass is 35.5. The number of rotatable bonds is 6. The Kier molecular flexibility index (Phi) is 8.16. The molecule has 34 heavy (non-hydrogen) atoms. The van der Waals surface area contributed by atoms with Crippen LogP contribution in [0.2, 0.25) is 0 Å². The lowest BCUT2D eigenvalue weighted by atomic mass is 9.90. The van der Waals surface area contributed by atoms with Gasteiger partial charge in [-0.25, -0.2) is 0 Å². The standard InChI is InChI=1S/C30H32N2.2ClH/c1-2-6-24(7-3-1)18-32-21-28-14-15-29(30(28)22-32)25-12-10-23(11-13-25)16-17-31-19-26-8-4-5-9-27(26)20-31;;/h1-13,15,28,30H,14,16-22H2;2*1H. The van der Waals surface area contributed by atoms with Crippen LogP contribution in [0.4, 0.5) is 0 Å². The summed E-state index contributed by atoms with van der Waals surface area (Å²) in [5.74, 6) is 1.50. The van der Waals surface area contributed by atoms with E-state index in [-0.39, 0.29) is 24.8 Å². The molecule has 2 aliphatic heterocycles. The maximum Gasteiger partial charge on any atom is 0.0240 e. The molecule has 0 bridgehead atoms. The molecular weight excluding hydrogens is 459 g/mol. The molecule has 4 heteroatoms. The third-order valence-electron chi connectivity index (χ3n) is 7.72. The quantitative estimate of drug-likeness (QED) is 0.381. The predicted molar refractivity (Wildman–Crippen MR) is 146 cm³/mol. The van der Waals surface area contributed by atoms with Crippen LogP contribution in [-0.4, -0.2) is 29.4 Å². The van der Waals surface area contributed by atoms with E-state index in [9.17, 15) is 0 Å². The Balaban J connectivity index is 0.00000137. The maximum atomic E-state index is 2.65. The molecule has 1 saturated heterocycles. The van der Waals surface area contributed by atoms with Crippen molar-refractivity contribution in [2.24, 2.45) is 11.8 Å². The lowest BCUT2D eigenvalue weighted by Gasteiger charge is -2.18. The van der Waals surface area contributed by atoms with E-state index in [1.165, 1.54) is 47.3 Å². The van der Waals surface area contributed by atoms with E-state index in [1.54, 1.807) is 5.57 Å². The van der Waals surface area contributed by atoms with E-state index >= 15 is 0 Å². The molecule has 2 heterocycles. The fourth-order valence-electron chi connectivity index (χ4n) is 6.00. The molecule has 3 aliphatic rings. The summed E-state index contributed by atoms with van der Waals surface area (Å²) in [6.07, 6.45) is 4.89. The van der Waals surface area contributed by atoms with Crippen molar-refractivity contribution in [2.75, 3.05) is 19.6 Å². The van der Waals surface area contributed by atoms with Crippen LogP contribution in [0.1, 0.15) is 34.2 Å². The van der Waals surface area contributed by atoms with Gasteiger partial charge in [-0.05, 0) is 52.1 Å². The van der Waals surface area contributed by atoms with Crippen molar-refractivity contribution in [3.05, 3.63) is 113 Å². The SMILES string of the molecule is C1=C(c2ccc(CCN3Cc4ccccc4C3)cc2)C2CN(Cc3ccccc3)CC2C1.Cl.Cl. The molecule has 0 N–H and O–H groups in total. The van der Waals surface area contributed by atoms with Gasteiger partial charge in [0.25, 0.3) is 0 Å². The van der Waals surface area contributed by atoms with Crippen molar-refractivity contribution in [3.8, 4) is 0 Å². The van der Waals surface area contributed by atoms with E-state index in [0.717, 1.165) is 38.5 Å². The van der Waals surface area contributed by atoms with Gasteiger partial charge in [0, 0.05) is 45.2 Å². The van der Waals surface area contributed by atoms with E-state index in [4.69, 9.17) is 0 Å². The number of likely N-dealkylation sites (tertiary alicyclic amines) is 1. The van der Waals surface area contributed by atoms with Gasteiger partial charge in [0.2, 0.25) is 0 Å². The lowest BCUT2D eigenvalue weighted by molar-refractivity contribution is 0.288. The number of benzene rings is 3. The zero-order chi connectivity index (χ0) is 21.3. The van der Waals surface area contributed by atoms with Gasteiger partial charge in [0.1, 0.15) is 0 Å². The largest absolute Gasteiger partial charge is 0.298 e. The average Bonchev–Trinajstić information content (AvgIpc) is 3.52. The Hall–Kier alpha value is -2.10. The summed E-state index contributed by atoms with van der Waals surface area (Å²) in [6.45, 7) is 6.85. The van der Waals surface area contributed by atoms with Crippen LogP contribution in [0.15, 0.2) is 84.9 Å². The normalized spacial score (nSPS) is 21.4. The van der Waals surface area contributed by atoms with Gasteiger partial charge in [-0.2, -0.15) is 0 Å². The van der Waals surface area contributed by atoms with Gasteiger partial charge in [-0.3, -0.25) is 9.80 Å². The molecule has 3 aromatic rings. The number of allylic oxidation sites excluding steroid dienone is 1. The van der Waals surface area contributed by atoms with Crippen LogP contribution in [0, 0.1) is 11.8 Å². The molecular formula is C30H34Cl2N2. The summed E-state index contributed by atoms with van der Waals surface area (Å²) in [7, 11) is 0. The minimum atomic E-state index is 0. The minimum absolute atomic E-state index is 0. The predicted octanol–water partition coefficient (Wildman–Crippen LogP) is 6.62. The van der Waals surface area contributed by atoms with E-state index in [1.807, 2.05) is 0 Å². The van der Waals surface area contributed by atoms with Crippen molar-refractivity contribution >= 4 is 30.4 Å². The highest BCUT2D eigenvalue weighted by Gasteiger charge is 2.38. The van der Waals surface area contributed by atoms with E-state index in [2.05, 4.69) is 94.7 Å². The average molecular weight is 494 g/mol. The van der Waals surface area contributed by atoms with Gasteiger partial charge in [0.05, 0.1) is 0 Å². The Morgan fingerprint density at radius 2 is 1.35 bits per heavy atom. The Bertz CT molecular complexity index is 1090. The molecule has 0 radical (unpaired) electrons. The monoisotopic (exact) mass is 492 g/mol. The molecule has 2 nitrogen and oxygen atoms in total. The number of nitrogens with zero attached hydrogens (tertiary/aromatic N) is 2. The van der Waals surface area contributed by atoms with Gasteiger partial charge in [-0.1, -0.05) is 84.9 Å². The number of hydrogen-bond acceptors (Lipinski definition) is 2. The number of fused-ring (bicyclic) bond motifs is 2. The second-order valence-corrected chi connectivity index (χ2v) is 9.87. The highest BCUT2D eigenvalue weighted by Crippen LogP contribution is 2.43. The third kappa shape index (κ3) is 5.26. The maximum absolute atomic E-state index is 2.65. The van der Waals surface area contributed by atoms with Crippen molar-refractivity contribution in [1.29, 1.82) is 0 Å². The number of hydrogen-bond donors (Lipinski definition) is 0. The zero-order valence-electron chi connectivity index (χ0n) is 19.6. The Morgan fingerprint density at radius 1 is 0.676 bits per heavy atom. The fourth-order valence-corrected chi connectivity index (χ4v) is 6.00. The second kappa shape index (κ2) is 11.1. The Labute approximate surface area is 216 Å². The molecule has 1 aliphatic carbocycles. The number of halogens is 2. The summed E-state index contributed by atoms with van der Waals surface area (Å²) in [5.41, 5.74) is 8.93. The minimum Gasteiger partial charge on any atom is -0.298 e. The van der Waals surface area contributed by atoms with Crippen LogP contribution in [0.5, 0.6) is 0 Å². The van der Waals surface area contributed by atoms with Gasteiger partial charge in [-0.15, -0.1) is 24.8 Å². The van der Waals surface area contributed by atoms with Crippen molar-refractivity contribution in [3.63, 3.8) is 0 Å². The van der Waals surface area contributed by atoms with Crippen LogP contribution < -0.4 is 0 Å². The first kappa shape index (κ1) is 25.0. The van der Waals surface area contributed by atoms with Gasteiger partial charge < -0.3 is 0 Å². The summed E-state index contributed by atoms with van der Waals surface area (Å²) < 4.78 is 0. The topological polar surface area (TPSA) is 6.48 Å². The molecule has 2 unspecified atom stereocenters. The van der Waals surface area contributed by atoms with Crippen LogP contribution in [-0.2, 0) is 26.1 Å². The first-order valence-corrected chi connectivity index (χ1v) is 12.2. The Morgan fingerprint density at radius 3 is 2.06 bits per heavy atom. The van der Waals surface area contributed by atoms with Gasteiger partial charge in [0.15, 0.2) is 0 Å². The molecule has 0 saturated carbocycles. The van der Waals surface area contributed by atoms with E-state index in [0.29, 0.717) is 5.92 Å². The highest BCUT2D eigenvalue weighted by molar-refractivity contribution is 5.85. The molecule has 0 spiro atoms. The first-order chi connectivity index (χ1) is 15.8. The van der Waals surface area contributed by atoms with Gasteiger partial charge >= 0.3 is 0 Å². The van der Waals surface area contributed by atoms with Crippen molar-refractivity contribution in [1.82, 2.24) is 9.80 Å². The lowest BCUT2D eigenvalue weighted by Crippen LogP contribution is -2.21. The van der Waals surface area contributed by atoms with Crippen LogP contribution in [0.25, 0.3) is 5.57 Å². The smallest absolute Gasteiger partial charge is 0.0240 e. The molecule has 1 fully saturated rings. The van der Waals surface area contributed by atoms with Crippen LogP contribution >= 0.6 is 24.8 Å². The van der Waals surface area contributed by atoms with Crippen molar-refractivity contribution in [2.45, 2.75) is 32.5 Å². The molecule has 0 aromatic heterocycles. The fraction of sp³-hybridized carbons (Fsp3) is 0.333. The summed E-state index contributed by atoms with van der Waals surface area (Å²) in [6, 6.07) is 29.3. The molecule has 3 aromatic carbocycles. The summed E-state index contributed by atoms with van der Waals surface area (Å²) in [4.78, 5) is 5.22. The van der Waals surface area contributed by atoms with Crippen LogP contribution in [0.3, 0.4) is 0 Å². The summed E-state index contributed by atoms with van der Waals surface area (Å²) in [5, 5.41) is 0. The van der Waals surface area contributed by atoms with Crippen molar-refractivity contribution < 1.29 is 0 Å². The first-order valence-electron chi connectivity index (χ1n) is 12.2. The molecule has 178 valence electrons. The molecule has 6 rings (SSSR count). The third-order valence-corrected chi connectivity index (χ3v) is 7.72.